The van der Waals surface area contributed by atoms with Crippen molar-refractivity contribution in [1.82, 2.24) is 19.6 Å². The zero-order chi connectivity index (χ0) is 70.4. The van der Waals surface area contributed by atoms with Crippen LogP contribution in [0.4, 0.5) is 16.2 Å². The summed E-state index contributed by atoms with van der Waals surface area (Å²) in [6.45, 7) is 27.7. The van der Waals surface area contributed by atoms with Gasteiger partial charge in [-0.05, 0) is 125 Å². The minimum atomic E-state index is -1.56. The maximum absolute atomic E-state index is 15.1. The minimum absolute atomic E-state index is 0.0438. The SMILES string of the molecule is CC(C)C[C@@H](C(=O)O[C@H](Cc1ccc(N2CCOCC2)cc1)C(=O)N(C)[C@@H](CC(C)C)C(=O)O[C@H](C)C(=O)N(C)[C@@H](CC(C)C)C(=O)O[C@H](Cc1ccc(N2CCOCC2)cc1)C(=O)N(C)[C@@H](CC(C)C)C(=O)O[C@H](C)C(=O)OCc1ccccc1)N(C)C(=O)OC(C)(C)C. The fourth-order valence-corrected chi connectivity index (χ4v) is 11.1. The topological polar surface area (TPSA) is 247 Å². The smallest absolute Gasteiger partial charge is 0.410 e. The van der Waals surface area contributed by atoms with Gasteiger partial charge in [0, 0.05) is 78.6 Å². The standard InChI is InChI=1S/C72H106N6O17/c1-46(2)39-57(74(15)65(81)62(44-53-25-29-56(30-26-53)78-33-37-89-38-34-78)94-70(86)60(42-49(7)8)76(17)71(87)95-72(11,12)13)67(83)91-50(9)63(79)73(14)59(41-48(5)6)69(85)93-61(43-52-23-27-55(28-24-52)77-31-35-88-36-32-77)64(80)75(16)58(40-47(3)4)68(84)92-51(10)66(82)90-45-54-21-19-18-20-22-54/h18-30,46-51,57-62H,31-45H2,1-17H3/t50-,51-,57+,58+,59+,60+,61-,62-/m1/s1. The summed E-state index contributed by atoms with van der Waals surface area (Å²) in [5, 5.41) is 0. The van der Waals surface area contributed by atoms with Crippen molar-refractivity contribution >= 4 is 65.0 Å². The van der Waals surface area contributed by atoms with E-state index in [2.05, 4.69) is 9.80 Å². The lowest BCUT2D eigenvalue weighted by atomic mass is 10.00. The Morgan fingerprint density at radius 3 is 1.12 bits per heavy atom. The molecule has 23 heteroatoms. The molecule has 0 unspecified atom stereocenters. The first kappa shape index (κ1) is 77.9. The summed E-state index contributed by atoms with van der Waals surface area (Å²) in [6.07, 6.45) is -6.57. The van der Waals surface area contributed by atoms with E-state index in [4.69, 9.17) is 37.9 Å². The minimum Gasteiger partial charge on any atom is -0.458 e. The number of rotatable bonds is 32. The zero-order valence-electron chi connectivity index (χ0n) is 59.2. The van der Waals surface area contributed by atoms with Crippen LogP contribution < -0.4 is 9.80 Å². The number of nitrogens with zero attached hydrogens (tertiary/aromatic N) is 6. The predicted molar refractivity (Wildman–Crippen MR) is 359 cm³/mol. The molecule has 23 nitrogen and oxygen atoms in total. The zero-order valence-corrected chi connectivity index (χ0v) is 59.2. The number of ether oxygens (including phenoxy) is 8. The third-order valence-electron chi connectivity index (χ3n) is 16.5. The Kier molecular flexibility index (Phi) is 30.3. The van der Waals surface area contributed by atoms with Crippen LogP contribution in [0.2, 0.25) is 0 Å². The number of carbonyl (C=O) groups is 9. The van der Waals surface area contributed by atoms with E-state index in [1.165, 1.54) is 51.8 Å². The van der Waals surface area contributed by atoms with Crippen LogP contribution in [0.5, 0.6) is 0 Å². The molecule has 0 aliphatic carbocycles. The number of esters is 5. The molecule has 2 heterocycles. The van der Waals surface area contributed by atoms with Gasteiger partial charge < -0.3 is 62.4 Å². The van der Waals surface area contributed by atoms with Crippen molar-refractivity contribution in [2.45, 2.75) is 189 Å². The van der Waals surface area contributed by atoms with E-state index in [1.807, 2.05) is 110 Å². The van der Waals surface area contributed by atoms with Gasteiger partial charge in [-0.3, -0.25) is 19.3 Å². The van der Waals surface area contributed by atoms with Gasteiger partial charge in [-0.2, -0.15) is 0 Å². The highest BCUT2D eigenvalue weighted by molar-refractivity contribution is 5.93. The molecule has 3 aromatic carbocycles. The van der Waals surface area contributed by atoms with Crippen LogP contribution in [0.25, 0.3) is 0 Å². The van der Waals surface area contributed by atoms with Crippen molar-refractivity contribution in [1.29, 1.82) is 0 Å². The Labute approximate surface area is 562 Å². The first-order valence-corrected chi connectivity index (χ1v) is 33.4. The summed E-state index contributed by atoms with van der Waals surface area (Å²) in [6, 6.07) is 18.9. The number of anilines is 2. The second kappa shape index (κ2) is 36.9. The number of amides is 4. The molecule has 2 aliphatic rings. The summed E-state index contributed by atoms with van der Waals surface area (Å²) < 4.78 is 46.2. The molecule has 2 aliphatic heterocycles. The van der Waals surface area contributed by atoms with Crippen molar-refractivity contribution in [2.75, 3.05) is 90.6 Å². The molecular formula is C72H106N6O17. The van der Waals surface area contributed by atoms with Gasteiger partial charge in [0.2, 0.25) is 0 Å². The summed E-state index contributed by atoms with van der Waals surface area (Å²) >= 11 is 0. The Bertz CT molecular complexity index is 2980. The summed E-state index contributed by atoms with van der Waals surface area (Å²) in [4.78, 5) is 139. The van der Waals surface area contributed by atoms with E-state index in [-0.39, 0.29) is 68.8 Å². The Hall–Kier alpha value is -7.79. The number of morpholine rings is 2. The Morgan fingerprint density at radius 2 is 0.758 bits per heavy atom. The molecule has 0 spiro atoms. The second-order valence-electron chi connectivity index (χ2n) is 27.6. The van der Waals surface area contributed by atoms with Gasteiger partial charge in [0.05, 0.1) is 26.4 Å². The van der Waals surface area contributed by atoms with E-state index in [0.717, 1.165) is 26.7 Å². The maximum Gasteiger partial charge on any atom is 0.410 e. The van der Waals surface area contributed by atoms with Crippen molar-refractivity contribution in [2.24, 2.45) is 23.7 Å². The average molecular weight is 1330 g/mol. The van der Waals surface area contributed by atoms with Gasteiger partial charge in [0.15, 0.2) is 24.4 Å². The van der Waals surface area contributed by atoms with Gasteiger partial charge in [-0.15, -0.1) is 0 Å². The quantitative estimate of drug-likeness (QED) is 0.0420. The van der Waals surface area contributed by atoms with Crippen LogP contribution in [-0.4, -0.2) is 208 Å². The average Bonchev–Trinajstić information content (AvgIpc) is 1.03. The van der Waals surface area contributed by atoms with Gasteiger partial charge >= 0.3 is 35.9 Å². The third kappa shape index (κ3) is 24.4. The van der Waals surface area contributed by atoms with E-state index >= 15 is 9.59 Å². The highest BCUT2D eigenvalue weighted by Crippen LogP contribution is 2.27. The highest BCUT2D eigenvalue weighted by atomic mass is 16.6. The number of likely N-dealkylation sites (N-methyl/N-ethyl adjacent to an activating group) is 4. The van der Waals surface area contributed by atoms with Crippen LogP contribution in [0.15, 0.2) is 78.9 Å². The molecule has 8 atom stereocenters. The van der Waals surface area contributed by atoms with Crippen LogP contribution >= 0.6 is 0 Å². The van der Waals surface area contributed by atoms with Crippen molar-refractivity contribution in [3.05, 3.63) is 95.6 Å². The lowest BCUT2D eigenvalue weighted by Crippen LogP contribution is -2.54. The Morgan fingerprint density at radius 1 is 0.421 bits per heavy atom. The number of hydrogen-bond acceptors (Lipinski definition) is 19. The number of hydrogen-bond donors (Lipinski definition) is 0. The largest absolute Gasteiger partial charge is 0.458 e. The molecule has 5 rings (SSSR count). The lowest BCUT2D eigenvalue weighted by molar-refractivity contribution is -0.175. The molecular weight excluding hydrogens is 1220 g/mol. The van der Waals surface area contributed by atoms with Crippen molar-refractivity contribution in [3.8, 4) is 0 Å². The van der Waals surface area contributed by atoms with Crippen LogP contribution in [0, 0.1) is 23.7 Å². The lowest BCUT2D eigenvalue weighted by Gasteiger charge is -2.35. The molecule has 0 bridgehead atoms. The molecule has 2 fully saturated rings. The van der Waals surface area contributed by atoms with E-state index in [0.29, 0.717) is 63.7 Å². The monoisotopic (exact) mass is 1330 g/mol. The predicted octanol–water partition coefficient (Wildman–Crippen LogP) is 8.48. The summed E-state index contributed by atoms with van der Waals surface area (Å²) in [5.74, 6) is -7.42. The van der Waals surface area contributed by atoms with Crippen molar-refractivity contribution < 1.29 is 81.0 Å². The summed E-state index contributed by atoms with van der Waals surface area (Å²) in [5.41, 5.74) is 2.98. The van der Waals surface area contributed by atoms with Crippen LogP contribution in [-0.2, 0) is 95.7 Å². The molecule has 4 amide bonds. The normalized spacial score (nSPS) is 16.1. The molecule has 95 heavy (non-hydrogen) atoms. The molecule has 2 saturated heterocycles. The van der Waals surface area contributed by atoms with Gasteiger partial charge in [-0.25, -0.2) is 28.8 Å². The Balaban J connectivity index is 1.41. The molecule has 0 saturated carbocycles. The van der Waals surface area contributed by atoms with Crippen molar-refractivity contribution in [3.63, 3.8) is 0 Å². The first-order valence-electron chi connectivity index (χ1n) is 33.4. The highest BCUT2D eigenvalue weighted by Gasteiger charge is 2.43. The molecule has 0 N–H and O–H groups in total. The second-order valence-corrected chi connectivity index (χ2v) is 27.6. The fraction of sp³-hybridized carbons (Fsp3) is 0.625. The number of carbonyl (C=O) groups excluding carboxylic acids is 9. The first-order chi connectivity index (χ1) is 44.7. The van der Waals surface area contributed by atoms with Gasteiger partial charge in [-0.1, -0.05) is 110 Å². The van der Waals surface area contributed by atoms with Crippen LogP contribution in [0.1, 0.15) is 132 Å². The van der Waals surface area contributed by atoms with E-state index in [1.54, 1.807) is 45.0 Å². The molecule has 3 aromatic rings. The maximum atomic E-state index is 15.1. The third-order valence-corrected chi connectivity index (χ3v) is 16.5. The molecule has 526 valence electrons. The van der Waals surface area contributed by atoms with Gasteiger partial charge in [0.1, 0.15) is 36.4 Å². The van der Waals surface area contributed by atoms with E-state index in [9.17, 15) is 33.6 Å². The molecule has 0 aromatic heterocycles. The van der Waals surface area contributed by atoms with Crippen LogP contribution in [0.3, 0.4) is 0 Å². The molecule has 0 radical (unpaired) electrons. The van der Waals surface area contributed by atoms with Gasteiger partial charge in [0.25, 0.3) is 17.7 Å². The fourth-order valence-electron chi connectivity index (χ4n) is 11.1. The van der Waals surface area contributed by atoms with E-state index < -0.39 is 108 Å². The summed E-state index contributed by atoms with van der Waals surface area (Å²) in [7, 11) is 5.61. The number of benzene rings is 3.